The van der Waals surface area contributed by atoms with Crippen LogP contribution in [-0.2, 0) is 0 Å². The summed E-state index contributed by atoms with van der Waals surface area (Å²) in [7, 11) is 0. The molecule has 2 rings (SSSR count). The summed E-state index contributed by atoms with van der Waals surface area (Å²) in [6.07, 6.45) is 0. The molecular weight excluding hydrogens is 372 g/mol. The molecule has 0 saturated heterocycles. The average Bonchev–Trinajstić information content (AvgIpc) is 2.46. The van der Waals surface area contributed by atoms with Gasteiger partial charge in [-0.1, -0.05) is 74.3 Å². The van der Waals surface area contributed by atoms with Gasteiger partial charge >= 0.3 is 0 Å². The number of phenols is 1. The molecule has 0 fully saturated rings. The van der Waals surface area contributed by atoms with E-state index in [4.69, 9.17) is 0 Å². The van der Waals surface area contributed by atoms with E-state index >= 15 is 0 Å². The van der Waals surface area contributed by atoms with Gasteiger partial charge in [0, 0.05) is 5.56 Å². The van der Waals surface area contributed by atoms with Gasteiger partial charge in [0.15, 0.2) is 5.78 Å². The van der Waals surface area contributed by atoms with E-state index in [1.807, 2.05) is 30.3 Å². The summed E-state index contributed by atoms with van der Waals surface area (Å²) in [4.78, 5) is 11.8. The molecule has 0 bridgehead atoms. The molecule has 98 valence electrons. The molecule has 0 aromatic heterocycles. The van der Waals surface area contributed by atoms with E-state index in [1.165, 1.54) is 6.07 Å². The van der Waals surface area contributed by atoms with E-state index in [2.05, 4.69) is 31.9 Å². The number of Topliss-reactive ketones (excluding diaryl/α,β-unsaturated/α-hetero) is 1. The van der Waals surface area contributed by atoms with Crippen LogP contribution in [-0.4, -0.2) is 15.7 Å². The summed E-state index contributed by atoms with van der Waals surface area (Å²) < 4.78 is 0. The Hall–Kier alpha value is -1.13. The number of ketones is 1. The second kappa shape index (κ2) is 6.35. The van der Waals surface area contributed by atoms with Crippen LogP contribution in [0.15, 0.2) is 54.6 Å². The van der Waals surface area contributed by atoms with Crippen molar-refractivity contribution in [1.82, 2.24) is 0 Å². The minimum Gasteiger partial charge on any atom is -0.508 e. The third kappa shape index (κ3) is 3.45. The summed E-state index contributed by atoms with van der Waals surface area (Å²) in [5.74, 6) is 0.0259. The topological polar surface area (TPSA) is 37.3 Å². The molecule has 0 amide bonds. The van der Waals surface area contributed by atoms with Crippen molar-refractivity contribution in [2.75, 3.05) is 0 Å². The molecule has 4 heteroatoms. The van der Waals surface area contributed by atoms with Crippen LogP contribution >= 0.6 is 31.9 Å². The van der Waals surface area contributed by atoms with E-state index in [0.717, 1.165) is 5.56 Å². The van der Waals surface area contributed by atoms with Crippen molar-refractivity contribution >= 4 is 37.6 Å². The summed E-state index contributed by atoms with van der Waals surface area (Å²) >= 11 is 6.97. The zero-order valence-electron chi connectivity index (χ0n) is 9.96. The first-order valence-corrected chi connectivity index (χ1v) is 7.59. The van der Waals surface area contributed by atoms with Crippen LogP contribution in [0.25, 0.3) is 0 Å². The highest BCUT2D eigenvalue weighted by Crippen LogP contribution is 2.33. The quantitative estimate of drug-likeness (QED) is 0.624. The zero-order chi connectivity index (χ0) is 13.8. The van der Waals surface area contributed by atoms with E-state index in [-0.39, 0.29) is 16.4 Å². The van der Waals surface area contributed by atoms with Crippen molar-refractivity contribution in [3.63, 3.8) is 0 Å². The van der Waals surface area contributed by atoms with Crippen LogP contribution in [0, 0.1) is 0 Å². The third-order valence-electron chi connectivity index (χ3n) is 2.76. The van der Waals surface area contributed by atoms with Crippen LogP contribution in [0.1, 0.15) is 20.7 Å². The molecule has 19 heavy (non-hydrogen) atoms. The maximum Gasteiger partial charge on any atom is 0.178 e. The third-order valence-corrected chi connectivity index (χ3v) is 5.47. The number of halogens is 2. The van der Waals surface area contributed by atoms with E-state index in [1.54, 1.807) is 18.2 Å². The minimum absolute atomic E-state index is 0.0679. The number of phenolic OH excluding ortho intramolecular Hbond substituents is 1. The van der Waals surface area contributed by atoms with Gasteiger partial charge in [-0.3, -0.25) is 4.79 Å². The molecule has 0 aliphatic rings. The molecule has 0 aliphatic carbocycles. The van der Waals surface area contributed by atoms with Crippen LogP contribution in [0.3, 0.4) is 0 Å². The molecule has 2 aromatic rings. The van der Waals surface area contributed by atoms with Gasteiger partial charge in [0.25, 0.3) is 0 Å². The van der Waals surface area contributed by atoms with Crippen LogP contribution in [0.5, 0.6) is 5.75 Å². The highest BCUT2D eigenvalue weighted by molar-refractivity contribution is 9.12. The number of carbonyl (C=O) groups excluding carboxylic acids is 1. The Morgan fingerprint density at radius 1 is 1.00 bits per heavy atom. The molecule has 0 aliphatic heterocycles. The number of benzene rings is 2. The van der Waals surface area contributed by atoms with Gasteiger partial charge in [0.2, 0.25) is 0 Å². The lowest BCUT2D eigenvalue weighted by Crippen LogP contribution is -2.19. The summed E-state index contributed by atoms with van der Waals surface area (Å²) in [5.41, 5.74) is 1.51. The van der Waals surface area contributed by atoms with E-state index in [9.17, 15) is 9.90 Å². The first-order valence-electron chi connectivity index (χ1n) is 5.76. The Kier molecular flexibility index (Phi) is 4.77. The number of hydrogen-bond acceptors (Lipinski definition) is 2. The maximum atomic E-state index is 12.3. The Morgan fingerprint density at radius 2 is 1.68 bits per heavy atom. The number of hydrogen-bond donors (Lipinski definition) is 1. The number of alkyl halides is 2. The zero-order valence-corrected chi connectivity index (χ0v) is 13.1. The fourth-order valence-electron chi connectivity index (χ4n) is 1.76. The van der Waals surface area contributed by atoms with Gasteiger partial charge in [0.05, 0.1) is 9.65 Å². The number of rotatable bonds is 4. The van der Waals surface area contributed by atoms with Crippen LogP contribution in [0.2, 0.25) is 0 Å². The van der Waals surface area contributed by atoms with E-state index in [0.29, 0.717) is 5.56 Å². The number of carbonyl (C=O) groups is 1. The predicted molar refractivity (Wildman–Crippen MR) is 83.3 cm³/mol. The SMILES string of the molecule is O=C(c1cccc(O)c1)C(Br)C(Br)c1ccccc1. The first kappa shape index (κ1) is 14.3. The lowest BCUT2D eigenvalue weighted by Gasteiger charge is -2.16. The molecule has 1 N–H and O–H groups in total. The molecular formula is C15H12Br2O2. The molecule has 0 heterocycles. The van der Waals surface area contributed by atoms with Crippen LogP contribution < -0.4 is 0 Å². The molecule has 0 saturated carbocycles. The Morgan fingerprint density at radius 3 is 2.32 bits per heavy atom. The van der Waals surface area contributed by atoms with Crippen molar-refractivity contribution in [1.29, 1.82) is 0 Å². The maximum absolute atomic E-state index is 12.3. The van der Waals surface area contributed by atoms with Gasteiger partial charge in [-0.25, -0.2) is 0 Å². The Bertz CT molecular complexity index is 569. The van der Waals surface area contributed by atoms with Gasteiger partial charge in [0.1, 0.15) is 5.75 Å². The summed E-state index contributed by atoms with van der Waals surface area (Å²) in [5, 5.41) is 9.42. The molecule has 0 spiro atoms. The predicted octanol–water partition coefficient (Wildman–Crippen LogP) is 4.47. The van der Waals surface area contributed by atoms with E-state index < -0.39 is 4.83 Å². The van der Waals surface area contributed by atoms with Gasteiger partial charge in [-0.05, 0) is 17.7 Å². The highest BCUT2D eigenvalue weighted by atomic mass is 79.9. The minimum atomic E-state index is -0.392. The van der Waals surface area contributed by atoms with Gasteiger partial charge in [-0.2, -0.15) is 0 Å². The summed E-state index contributed by atoms with van der Waals surface area (Å²) in [6.45, 7) is 0. The molecule has 2 aromatic carbocycles. The van der Waals surface area contributed by atoms with Crippen LogP contribution in [0.4, 0.5) is 0 Å². The lowest BCUT2D eigenvalue weighted by atomic mass is 10.0. The molecule has 2 unspecified atom stereocenters. The van der Waals surface area contributed by atoms with Gasteiger partial charge < -0.3 is 5.11 Å². The molecule has 2 nitrogen and oxygen atoms in total. The largest absolute Gasteiger partial charge is 0.508 e. The fourth-order valence-corrected chi connectivity index (χ4v) is 2.87. The van der Waals surface area contributed by atoms with Gasteiger partial charge in [-0.15, -0.1) is 0 Å². The summed E-state index contributed by atoms with van der Waals surface area (Å²) in [6, 6.07) is 16.1. The van der Waals surface area contributed by atoms with Crippen molar-refractivity contribution in [3.05, 3.63) is 65.7 Å². The highest BCUT2D eigenvalue weighted by Gasteiger charge is 2.25. The Labute approximate surface area is 128 Å². The molecule has 0 radical (unpaired) electrons. The van der Waals surface area contributed by atoms with Crippen molar-refractivity contribution in [3.8, 4) is 5.75 Å². The Balaban J connectivity index is 2.20. The standard InChI is InChI=1S/C15H12Br2O2/c16-13(10-5-2-1-3-6-10)14(17)15(19)11-7-4-8-12(18)9-11/h1-9,13-14,18H. The second-order valence-electron chi connectivity index (χ2n) is 4.13. The fraction of sp³-hybridized carbons (Fsp3) is 0.133. The average molecular weight is 384 g/mol. The van der Waals surface area contributed by atoms with Crippen molar-refractivity contribution < 1.29 is 9.90 Å². The monoisotopic (exact) mass is 382 g/mol. The smallest absolute Gasteiger partial charge is 0.178 e. The van der Waals surface area contributed by atoms with Crippen molar-refractivity contribution in [2.24, 2.45) is 0 Å². The first-order chi connectivity index (χ1) is 9.09. The number of aromatic hydroxyl groups is 1. The normalized spacial score (nSPS) is 13.8. The lowest BCUT2D eigenvalue weighted by molar-refractivity contribution is 0.0990. The second-order valence-corrected chi connectivity index (χ2v) is 6.10. The molecule has 2 atom stereocenters. The van der Waals surface area contributed by atoms with Crippen molar-refractivity contribution in [2.45, 2.75) is 9.65 Å².